The normalized spacial score (nSPS) is 10.0. The van der Waals surface area contributed by atoms with Crippen molar-refractivity contribution in [2.45, 2.75) is 6.92 Å². The number of benzene rings is 2. The molecular formula is C14H11ClO2. The van der Waals surface area contributed by atoms with Gasteiger partial charge in [-0.25, -0.2) is 0 Å². The maximum Gasteiger partial charge on any atom is 0.159 e. The Hall–Kier alpha value is -1.80. The Balaban J connectivity index is 2.13. The summed E-state index contributed by atoms with van der Waals surface area (Å²) in [7, 11) is 0. The lowest BCUT2D eigenvalue weighted by molar-refractivity contribution is 0.101. The highest BCUT2D eigenvalue weighted by molar-refractivity contribution is 6.30. The van der Waals surface area contributed by atoms with Gasteiger partial charge in [-0.3, -0.25) is 4.79 Å². The molecule has 0 radical (unpaired) electrons. The third-order valence-corrected chi connectivity index (χ3v) is 2.56. The van der Waals surface area contributed by atoms with Gasteiger partial charge in [0.25, 0.3) is 0 Å². The second-order valence-corrected chi connectivity index (χ2v) is 4.07. The summed E-state index contributed by atoms with van der Waals surface area (Å²) in [4.78, 5) is 11.1. The van der Waals surface area contributed by atoms with Crippen LogP contribution in [0.5, 0.6) is 11.5 Å². The van der Waals surface area contributed by atoms with Gasteiger partial charge in [-0.1, -0.05) is 11.6 Å². The topological polar surface area (TPSA) is 26.3 Å². The molecule has 2 aromatic carbocycles. The van der Waals surface area contributed by atoms with Gasteiger partial charge in [0.05, 0.1) is 0 Å². The Morgan fingerprint density at radius 1 is 0.941 bits per heavy atom. The quantitative estimate of drug-likeness (QED) is 0.754. The second-order valence-electron chi connectivity index (χ2n) is 3.64. The van der Waals surface area contributed by atoms with E-state index in [9.17, 15) is 4.79 Å². The minimum atomic E-state index is 0.0445. The van der Waals surface area contributed by atoms with Crippen LogP contribution in [0.25, 0.3) is 0 Å². The first-order valence-electron chi connectivity index (χ1n) is 5.19. The Morgan fingerprint density at radius 2 is 1.41 bits per heavy atom. The minimum absolute atomic E-state index is 0.0445. The predicted molar refractivity (Wildman–Crippen MR) is 68.0 cm³/mol. The monoisotopic (exact) mass is 246 g/mol. The number of hydrogen-bond donors (Lipinski definition) is 0. The van der Waals surface area contributed by atoms with E-state index in [0.29, 0.717) is 22.1 Å². The fourth-order valence-electron chi connectivity index (χ4n) is 1.40. The van der Waals surface area contributed by atoms with Crippen LogP contribution in [0.4, 0.5) is 0 Å². The molecule has 0 bridgehead atoms. The Bertz CT molecular complexity index is 515. The van der Waals surface area contributed by atoms with Crippen molar-refractivity contribution in [1.29, 1.82) is 0 Å². The van der Waals surface area contributed by atoms with Crippen molar-refractivity contribution in [2.75, 3.05) is 0 Å². The lowest BCUT2D eigenvalue weighted by Gasteiger charge is -2.05. The van der Waals surface area contributed by atoms with E-state index >= 15 is 0 Å². The molecule has 2 rings (SSSR count). The minimum Gasteiger partial charge on any atom is -0.457 e. The second kappa shape index (κ2) is 5.02. The van der Waals surface area contributed by atoms with Crippen LogP contribution < -0.4 is 4.74 Å². The summed E-state index contributed by atoms with van der Waals surface area (Å²) in [6.45, 7) is 1.54. The molecule has 3 heteroatoms. The molecule has 17 heavy (non-hydrogen) atoms. The van der Waals surface area contributed by atoms with Crippen molar-refractivity contribution >= 4 is 17.4 Å². The van der Waals surface area contributed by atoms with E-state index in [1.807, 2.05) is 0 Å². The van der Waals surface area contributed by atoms with E-state index in [0.717, 1.165) is 0 Å². The number of rotatable bonds is 3. The molecule has 0 fully saturated rings. The number of Topliss-reactive ketones (excluding diaryl/α,β-unsaturated/α-hetero) is 1. The molecular weight excluding hydrogens is 236 g/mol. The van der Waals surface area contributed by atoms with Gasteiger partial charge >= 0.3 is 0 Å². The average molecular weight is 247 g/mol. The van der Waals surface area contributed by atoms with Crippen molar-refractivity contribution in [1.82, 2.24) is 0 Å². The maximum atomic E-state index is 11.1. The summed E-state index contributed by atoms with van der Waals surface area (Å²) >= 11 is 5.78. The van der Waals surface area contributed by atoms with Crippen LogP contribution in [0.15, 0.2) is 48.5 Å². The van der Waals surface area contributed by atoms with Crippen molar-refractivity contribution < 1.29 is 9.53 Å². The molecule has 2 aromatic rings. The molecule has 0 atom stereocenters. The third kappa shape index (κ3) is 3.08. The SMILES string of the molecule is CC(=O)c1ccc(Oc2ccc(Cl)cc2)cc1. The van der Waals surface area contributed by atoms with E-state index in [-0.39, 0.29) is 5.78 Å². The van der Waals surface area contributed by atoms with Crippen molar-refractivity contribution in [3.8, 4) is 11.5 Å². The first-order chi connectivity index (χ1) is 8.15. The van der Waals surface area contributed by atoms with Gasteiger partial charge in [0.1, 0.15) is 11.5 Å². The van der Waals surface area contributed by atoms with Gasteiger partial charge in [-0.2, -0.15) is 0 Å². The zero-order valence-electron chi connectivity index (χ0n) is 9.31. The maximum absolute atomic E-state index is 11.1. The van der Waals surface area contributed by atoms with Crippen LogP contribution in [0.1, 0.15) is 17.3 Å². The van der Waals surface area contributed by atoms with Gasteiger partial charge in [0, 0.05) is 10.6 Å². The smallest absolute Gasteiger partial charge is 0.159 e. The van der Waals surface area contributed by atoms with Crippen molar-refractivity contribution in [3.63, 3.8) is 0 Å². The average Bonchev–Trinajstić information content (AvgIpc) is 2.33. The number of ketones is 1. The first kappa shape index (κ1) is 11.7. The van der Waals surface area contributed by atoms with Gasteiger partial charge in [-0.05, 0) is 55.5 Å². The van der Waals surface area contributed by atoms with Crippen LogP contribution in [0, 0.1) is 0 Å². The van der Waals surface area contributed by atoms with Crippen molar-refractivity contribution in [2.24, 2.45) is 0 Å². The van der Waals surface area contributed by atoms with E-state index in [1.54, 1.807) is 48.5 Å². The lowest BCUT2D eigenvalue weighted by Crippen LogP contribution is -1.91. The Kier molecular flexibility index (Phi) is 3.45. The molecule has 0 aliphatic carbocycles. The summed E-state index contributed by atoms with van der Waals surface area (Å²) in [6, 6.07) is 14.1. The summed E-state index contributed by atoms with van der Waals surface area (Å²) in [5.41, 5.74) is 0.674. The molecule has 86 valence electrons. The molecule has 0 spiro atoms. The molecule has 2 nitrogen and oxygen atoms in total. The molecule has 0 saturated carbocycles. The van der Waals surface area contributed by atoms with E-state index in [2.05, 4.69) is 0 Å². The number of halogens is 1. The molecule has 0 amide bonds. The lowest BCUT2D eigenvalue weighted by atomic mass is 10.1. The highest BCUT2D eigenvalue weighted by atomic mass is 35.5. The van der Waals surface area contributed by atoms with Crippen LogP contribution in [-0.2, 0) is 0 Å². The van der Waals surface area contributed by atoms with Crippen molar-refractivity contribution in [3.05, 3.63) is 59.1 Å². The number of carbonyl (C=O) groups is 1. The number of ether oxygens (including phenoxy) is 1. The molecule has 0 aromatic heterocycles. The van der Waals surface area contributed by atoms with Gasteiger partial charge in [0.2, 0.25) is 0 Å². The Labute approximate surface area is 105 Å². The van der Waals surface area contributed by atoms with Gasteiger partial charge < -0.3 is 4.74 Å². The number of carbonyl (C=O) groups excluding carboxylic acids is 1. The summed E-state index contributed by atoms with van der Waals surface area (Å²) in [5, 5.41) is 0.671. The van der Waals surface area contributed by atoms with Crippen LogP contribution in [-0.4, -0.2) is 5.78 Å². The molecule has 0 aliphatic heterocycles. The zero-order chi connectivity index (χ0) is 12.3. The largest absolute Gasteiger partial charge is 0.457 e. The van der Waals surface area contributed by atoms with Crippen LogP contribution in [0.2, 0.25) is 5.02 Å². The fraction of sp³-hybridized carbons (Fsp3) is 0.0714. The molecule has 0 saturated heterocycles. The molecule has 0 heterocycles. The fourth-order valence-corrected chi connectivity index (χ4v) is 1.52. The molecule has 0 aliphatic rings. The molecule has 0 unspecified atom stereocenters. The van der Waals surface area contributed by atoms with Crippen LogP contribution in [0.3, 0.4) is 0 Å². The number of hydrogen-bond acceptors (Lipinski definition) is 2. The summed E-state index contributed by atoms with van der Waals surface area (Å²) in [6.07, 6.45) is 0. The van der Waals surface area contributed by atoms with E-state index in [4.69, 9.17) is 16.3 Å². The highest BCUT2D eigenvalue weighted by Crippen LogP contribution is 2.23. The highest BCUT2D eigenvalue weighted by Gasteiger charge is 2.00. The Morgan fingerprint density at radius 3 is 1.88 bits per heavy atom. The summed E-state index contributed by atoms with van der Waals surface area (Å²) in [5.74, 6) is 1.45. The molecule has 0 N–H and O–H groups in total. The van der Waals surface area contributed by atoms with Gasteiger partial charge in [0.15, 0.2) is 5.78 Å². The van der Waals surface area contributed by atoms with E-state index in [1.165, 1.54) is 6.92 Å². The zero-order valence-corrected chi connectivity index (χ0v) is 10.1. The first-order valence-corrected chi connectivity index (χ1v) is 5.57. The van der Waals surface area contributed by atoms with Crippen LogP contribution >= 0.6 is 11.6 Å². The third-order valence-electron chi connectivity index (χ3n) is 2.31. The summed E-state index contributed by atoms with van der Waals surface area (Å²) < 4.78 is 5.60. The predicted octanol–water partition coefficient (Wildman–Crippen LogP) is 4.33. The van der Waals surface area contributed by atoms with Gasteiger partial charge in [-0.15, -0.1) is 0 Å². The van der Waals surface area contributed by atoms with E-state index < -0.39 is 0 Å². The standard InChI is InChI=1S/C14H11ClO2/c1-10(16)11-2-6-13(7-3-11)17-14-8-4-12(15)5-9-14/h2-9H,1H3.